The van der Waals surface area contributed by atoms with Crippen molar-refractivity contribution >= 4 is 39.8 Å². The van der Waals surface area contributed by atoms with Crippen LogP contribution in [0.4, 0.5) is 5.00 Å². The van der Waals surface area contributed by atoms with Gasteiger partial charge in [0.2, 0.25) is 5.91 Å². The maximum Gasteiger partial charge on any atom is 0.251 e. The predicted molar refractivity (Wildman–Crippen MR) is 103 cm³/mol. The van der Waals surface area contributed by atoms with Crippen molar-refractivity contribution in [3.63, 3.8) is 0 Å². The molecule has 0 aliphatic carbocycles. The Morgan fingerprint density at radius 1 is 1.15 bits per heavy atom. The Kier molecular flexibility index (Phi) is 5.20. The van der Waals surface area contributed by atoms with Crippen molar-refractivity contribution in [2.45, 2.75) is 6.54 Å². The Labute approximate surface area is 157 Å². The van der Waals surface area contributed by atoms with Gasteiger partial charge in [0.1, 0.15) is 11.5 Å². The molecule has 3 N–H and O–H groups in total. The van der Waals surface area contributed by atoms with Crippen LogP contribution >= 0.6 is 22.9 Å². The number of nitrogens with zero attached hydrogens (tertiary/aromatic N) is 1. The number of carbonyl (C=O) groups excluding carboxylic acids is 2. The maximum absolute atomic E-state index is 12.3. The van der Waals surface area contributed by atoms with E-state index in [9.17, 15) is 14.4 Å². The molecule has 0 saturated heterocycles. The molecule has 6 nitrogen and oxygen atoms in total. The van der Waals surface area contributed by atoms with Gasteiger partial charge in [0, 0.05) is 17.1 Å². The molecule has 0 bridgehead atoms. The number of carbonyl (C=O) groups is 2. The van der Waals surface area contributed by atoms with E-state index < -0.39 is 11.8 Å². The van der Waals surface area contributed by atoms with Crippen molar-refractivity contribution in [3.05, 3.63) is 75.7 Å². The van der Waals surface area contributed by atoms with Gasteiger partial charge in [0.05, 0.1) is 10.6 Å². The molecule has 8 heteroatoms. The van der Waals surface area contributed by atoms with Crippen LogP contribution in [0.15, 0.2) is 59.5 Å². The number of benzene rings is 1. The molecule has 2 aromatic heterocycles. The summed E-state index contributed by atoms with van der Waals surface area (Å²) >= 11 is 7.09. The van der Waals surface area contributed by atoms with E-state index in [4.69, 9.17) is 17.3 Å². The summed E-state index contributed by atoms with van der Waals surface area (Å²) in [5.74, 6) is -1.10. The summed E-state index contributed by atoms with van der Waals surface area (Å²) in [5, 5.41) is 3.34. The molecule has 0 fully saturated rings. The zero-order chi connectivity index (χ0) is 18.7. The van der Waals surface area contributed by atoms with Crippen LogP contribution in [0.25, 0.3) is 10.4 Å². The molecule has 3 aromatic rings. The summed E-state index contributed by atoms with van der Waals surface area (Å²) in [5.41, 5.74) is 6.20. The van der Waals surface area contributed by atoms with Gasteiger partial charge in [-0.15, -0.1) is 11.3 Å². The maximum atomic E-state index is 12.3. The quantitative estimate of drug-likeness (QED) is 0.704. The van der Waals surface area contributed by atoms with E-state index in [0.29, 0.717) is 10.0 Å². The minimum atomic E-state index is -0.640. The number of amides is 2. The lowest BCUT2D eigenvalue weighted by molar-refractivity contribution is -0.116. The van der Waals surface area contributed by atoms with Crippen molar-refractivity contribution in [2.75, 3.05) is 5.32 Å². The molecule has 0 spiro atoms. The normalized spacial score (nSPS) is 10.5. The number of thiophene rings is 1. The van der Waals surface area contributed by atoms with Gasteiger partial charge in [-0.2, -0.15) is 0 Å². The molecule has 3 rings (SSSR count). The van der Waals surface area contributed by atoms with Crippen LogP contribution in [-0.4, -0.2) is 16.4 Å². The molecule has 0 aliphatic heterocycles. The highest BCUT2D eigenvalue weighted by atomic mass is 35.5. The SMILES string of the molecule is NC(=O)c1cc(-c2ccccc2)sc1NC(=O)Cn1cc(Cl)ccc1=O. The first-order chi connectivity index (χ1) is 12.4. The second kappa shape index (κ2) is 7.55. The molecule has 2 amide bonds. The fraction of sp³-hybridized carbons (Fsp3) is 0.0556. The van der Waals surface area contributed by atoms with E-state index in [1.54, 1.807) is 6.07 Å². The van der Waals surface area contributed by atoms with Crippen molar-refractivity contribution < 1.29 is 9.59 Å². The van der Waals surface area contributed by atoms with E-state index in [-0.39, 0.29) is 17.7 Å². The summed E-state index contributed by atoms with van der Waals surface area (Å²) in [7, 11) is 0. The standard InChI is InChI=1S/C18H14ClN3O3S/c19-12-6-7-16(24)22(9-12)10-15(23)21-18-13(17(20)25)8-14(26-18)11-4-2-1-3-5-11/h1-9H,10H2,(H2,20,25)(H,21,23). The average Bonchev–Trinajstić information content (AvgIpc) is 3.03. The van der Waals surface area contributed by atoms with Gasteiger partial charge in [0.15, 0.2) is 0 Å². The minimum absolute atomic E-state index is 0.223. The Morgan fingerprint density at radius 2 is 1.88 bits per heavy atom. The first kappa shape index (κ1) is 17.9. The van der Waals surface area contributed by atoms with Crippen LogP contribution in [0.1, 0.15) is 10.4 Å². The highest BCUT2D eigenvalue weighted by Gasteiger charge is 2.17. The number of pyridine rings is 1. The summed E-state index contributed by atoms with van der Waals surface area (Å²) < 4.78 is 1.19. The molecule has 0 saturated carbocycles. The topological polar surface area (TPSA) is 94.2 Å². The molecule has 26 heavy (non-hydrogen) atoms. The van der Waals surface area contributed by atoms with Crippen LogP contribution in [0, 0.1) is 0 Å². The van der Waals surface area contributed by atoms with E-state index in [1.165, 1.54) is 34.2 Å². The summed E-state index contributed by atoms with van der Waals surface area (Å²) in [6.07, 6.45) is 1.38. The zero-order valence-corrected chi connectivity index (χ0v) is 15.0. The number of nitrogens with one attached hydrogen (secondary N) is 1. The second-order valence-electron chi connectivity index (χ2n) is 5.45. The van der Waals surface area contributed by atoms with Gasteiger partial charge in [-0.25, -0.2) is 0 Å². The highest BCUT2D eigenvalue weighted by molar-refractivity contribution is 7.20. The minimum Gasteiger partial charge on any atom is -0.366 e. The molecule has 2 heterocycles. The lowest BCUT2D eigenvalue weighted by atomic mass is 10.1. The van der Waals surface area contributed by atoms with E-state index in [2.05, 4.69) is 5.32 Å². The predicted octanol–water partition coefficient (Wildman–Crippen LogP) is 2.97. The third kappa shape index (κ3) is 4.01. The molecule has 132 valence electrons. The van der Waals surface area contributed by atoms with Gasteiger partial charge in [-0.05, 0) is 17.7 Å². The Bertz CT molecular complexity index is 1030. The first-order valence-corrected chi connectivity index (χ1v) is 8.78. The third-order valence-electron chi connectivity index (χ3n) is 3.57. The zero-order valence-electron chi connectivity index (χ0n) is 13.4. The molecule has 0 atom stereocenters. The molecular formula is C18H14ClN3O3S. The molecule has 0 aliphatic rings. The smallest absolute Gasteiger partial charge is 0.251 e. The fourth-order valence-corrected chi connectivity index (χ4v) is 3.62. The van der Waals surface area contributed by atoms with Crippen molar-refractivity contribution in [1.29, 1.82) is 0 Å². The van der Waals surface area contributed by atoms with Gasteiger partial charge >= 0.3 is 0 Å². The van der Waals surface area contributed by atoms with E-state index >= 15 is 0 Å². The molecule has 0 unspecified atom stereocenters. The van der Waals surface area contributed by atoms with Crippen molar-refractivity contribution in [2.24, 2.45) is 5.73 Å². The number of halogens is 1. The lowest BCUT2D eigenvalue weighted by Crippen LogP contribution is -2.27. The van der Waals surface area contributed by atoms with Crippen LogP contribution in [-0.2, 0) is 11.3 Å². The monoisotopic (exact) mass is 387 g/mol. The highest BCUT2D eigenvalue weighted by Crippen LogP contribution is 2.35. The largest absolute Gasteiger partial charge is 0.366 e. The second-order valence-corrected chi connectivity index (χ2v) is 6.93. The van der Waals surface area contributed by atoms with Crippen LogP contribution in [0.3, 0.4) is 0 Å². The van der Waals surface area contributed by atoms with Gasteiger partial charge in [-0.1, -0.05) is 41.9 Å². The molecule has 0 radical (unpaired) electrons. The summed E-state index contributed by atoms with van der Waals surface area (Å²) in [6, 6.07) is 13.8. The van der Waals surface area contributed by atoms with E-state index in [1.807, 2.05) is 30.3 Å². The molecule has 1 aromatic carbocycles. The fourth-order valence-electron chi connectivity index (χ4n) is 2.36. The number of aromatic nitrogens is 1. The number of primary amides is 1. The van der Waals surface area contributed by atoms with Crippen molar-refractivity contribution in [3.8, 4) is 10.4 Å². The summed E-state index contributed by atoms with van der Waals surface area (Å²) in [4.78, 5) is 36.6. The van der Waals surface area contributed by atoms with Crippen molar-refractivity contribution in [1.82, 2.24) is 4.57 Å². The Morgan fingerprint density at radius 3 is 2.58 bits per heavy atom. The van der Waals surface area contributed by atoms with Gasteiger partial charge in [0.25, 0.3) is 11.5 Å². The number of hydrogen-bond donors (Lipinski definition) is 2. The van der Waals surface area contributed by atoms with Crippen LogP contribution < -0.4 is 16.6 Å². The van der Waals surface area contributed by atoms with E-state index in [0.717, 1.165) is 10.4 Å². The number of rotatable bonds is 5. The Balaban J connectivity index is 1.85. The van der Waals surface area contributed by atoms with Crippen LogP contribution in [0.5, 0.6) is 0 Å². The number of anilines is 1. The summed E-state index contributed by atoms with van der Waals surface area (Å²) in [6.45, 7) is -0.226. The van der Waals surface area contributed by atoms with Crippen LogP contribution in [0.2, 0.25) is 5.02 Å². The number of nitrogens with two attached hydrogens (primary N) is 1. The Hall–Kier alpha value is -2.90. The lowest BCUT2D eigenvalue weighted by Gasteiger charge is -2.07. The van der Waals surface area contributed by atoms with Gasteiger partial charge < -0.3 is 15.6 Å². The third-order valence-corrected chi connectivity index (χ3v) is 4.89. The molecular weight excluding hydrogens is 374 g/mol. The number of hydrogen-bond acceptors (Lipinski definition) is 4. The average molecular weight is 388 g/mol. The first-order valence-electron chi connectivity index (χ1n) is 7.59. The van der Waals surface area contributed by atoms with Gasteiger partial charge in [-0.3, -0.25) is 14.4 Å².